The fraction of sp³-hybridized carbons (Fsp3) is 0.526. The summed E-state index contributed by atoms with van der Waals surface area (Å²) in [5, 5.41) is 7.00. The minimum absolute atomic E-state index is 0.317. The van der Waals surface area contributed by atoms with Gasteiger partial charge in [0.25, 0.3) is 0 Å². The molecule has 0 aliphatic heterocycles. The molecule has 0 aliphatic rings. The van der Waals surface area contributed by atoms with Crippen molar-refractivity contribution in [3.05, 3.63) is 47.5 Å². The van der Waals surface area contributed by atoms with E-state index in [1.54, 1.807) is 25.1 Å². The van der Waals surface area contributed by atoms with E-state index in [-0.39, 0.29) is 5.82 Å². The van der Waals surface area contributed by atoms with Gasteiger partial charge in [-0.2, -0.15) is 0 Å². The summed E-state index contributed by atoms with van der Waals surface area (Å²) in [6.07, 6.45) is 3.35. The average Bonchev–Trinajstić information content (AvgIpc) is 3.06. The Balaban J connectivity index is 2.34. The summed E-state index contributed by atoms with van der Waals surface area (Å²) in [5.74, 6) is -0.163. The van der Waals surface area contributed by atoms with Crippen LogP contribution in [0.15, 0.2) is 34.9 Å². The quantitative estimate of drug-likeness (QED) is 0.346. The highest BCUT2D eigenvalue weighted by Crippen LogP contribution is 2.61. The van der Waals surface area contributed by atoms with Gasteiger partial charge < -0.3 is 18.9 Å². The lowest BCUT2D eigenvalue weighted by atomic mass is 10.2. The highest BCUT2D eigenvalue weighted by Gasteiger charge is 2.38. The first-order valence-electron chi connectivity index (χ1n) is 9.32. The van der Waals surface area contributed by atoms with Crippen molar-refractivity contribution < 1.29 is 22.5 Å². The Morgan fingerprint density at radius 3 is 2.22 bits per heavy atom. The smallest absolute Gasteiger partial charge is 0.357 e. The first-order valence-corrected chi connectivity index (χ1v) is 10.9. The van der Waals surface area contributed by atoms with E-state index in [0.29, 0.717) is 30.4 Å². The van der Waals surface area contributed by atoms with Crippen molar-refractivity contribution in [1.29, 1.82) is 0 Å². The molecule has 2 rings (SSSR count). The molecule has 27 heavy (non-hydrogen) atoms. The molecule has 1 aromatic heterocycles. The number of aryl methyl sites for hydroxylation is 1. The molecule has 0 radical (unpaired) electrons. The van der Waals surface area contributed by atoms with Gasteiger partial charge in [-0.05, 0) is 37.5 Å². The standard InChI is InChI=1S/C19H28FN2O4P/c1-4-6-12-24-27(23,25-13-7-5-2)19(16-8-10-17(20)11-9-16)21-18-14-15(3)26-22-18/h8-11,14,19H,4-7,12-13H2,1-3H3,(H,21,22). The number of hydrogen-bond donors (Lipinski definition) is 1. The Morgan fingerprint density at radius 1 is 1.15 bits per heavy atom. The topological polar surface area (TPSA) is 73.6 Å². The van der Waals surface area contributed by atoms with Crippen molar-refractivity contribution >= 4 is 13.4 Å². The van der Waals surface area contributed by atoms with E-state index in [9.17, 15) is 8.96 Å². The van der Waals surface area contributed by atoms with E-state index in [2.05, 4.69) is 10.5 Å². The van der Waals surface area contributed by atoms with E-state index in [4.69, 9.17) is 13.6 Å². The predicted octanol–water partition coefficient (Wildman–Crippen LogP) is 6.06. The van der Waals surface area contributed by atoms with Crippen LogP contribution in [-0.4, -0.2) is 18.4 Å². The molecular formula is C19H28FN2O4P. The lowest BCUT2D eigenvalue weighted by Gasteiger charge is -2.28. The zero-order valence-corrected chi connectivity index (χ0v) is 17.0. The predicted molar refractivity (Wildman–Crippen MR) is 103 cm³/mol. The minimum Gasteiger partial charge on any atom is -0.360 e. The van der Waals surface area contributed by atoms with Gasteiger partial charge in [-0.25, -0.2) is 4.39 Å². The summed E-state index contributed by atoms with van der Waals surface area (Å²) in [4.78, 5) is 0. The first-order chi connectivity index (χ1) is 13.0. The van der Waals surface area contributed by atoms with E-state index in [1.165, 1.54) is 12.1 Å². The van der Waals surface area contributed by atoms with Gasteiger partial charge in [0.05, 0.1) is 13.2 Å². The van der Waals surface area contributed by atoms with E-state index in [0.717, 1.165) is 25.7 Å². The Morgan fingerprint density at radius 2 is 1.74 bits per heavy atom. The summed E-state index contributed by atoms with van der Waals surface area (Å²) in [6, 6.07) is 7.47. The molecule has 0 fully saturated rings. The molecule has 0 bridgehead atoms. The normalized spacial score (nSPS) is 12.9. The van der Waals surface area contributed by atoms with Gasteiger partial charge in [-0.1, -0.05) is 44.0 Å². The second-order valence-electron chi connectivity index (χ2n) is 6.33. The Hall–Kier alpha value is -1.69. The van der Waals surface area contributed by atoms with Crippen LogP contribution in [0.1, 0.15) is 56.6 Å². The van der Waals surface area contributed by atoms with Gasteiger partial charge in [-0.15, -0.1) is 0 Å². The number of halogens is 1. The van der Waals surface area contributed by atoms with Gasteiger partial charge >= 0.3 is 7.60 Å². The summed E-state index contributed by atoms with van der Waals surface area (Å²) in [5.41, 5.74) is 0.591. The summed E-state index contributed by atoms with van der Waals surface area (Å²) in [7, 11) is -3.60. The van der Waals surface area contributed by atoms with Crippen molar-refractivity contribution in [3.63, 3.8) is 0 Å². The molecular weight excluding hydrogens is 370 g/mol. The molecule has 2 aromatic rings. The Kier molecular flexibility index (Phi) is 8.48. The molecule has 0 saturated carbocycles. The molecule has 1 unspecified atom stereocenters. The molecule has 6 nitrogen and oxygen atoms in total. The molecule has 150 valence electrons. The molecule has 8 heteroatoms. The number of benzene rings is 1. The van der Waals surface area contributed by atoms with Crippen LogP contribution in [0, 0.1) is 12.7 Å². The van der Waals surface area contributed by atoms with Crippen LogP contribution in [0.5, 0.6) is 0 Å². The van der Waals surface area contributed by atoms with Crippen LogP contribution in [-0.2, 0) is 13.6 Å². The Bertz CT molecular complexity index is 722. The number of rotatable bonds is 12. The van der Waals surface area contributed by atoms with Crippen molar-refractivity contribution in [2.45, 2.75) is 52.2 Å². The van der Waals surface area contributed by atoms with Gasteiger partial charge in [0.2, 0.25) is 0 Å². The highest BCUT2D eigenvalue weighted by molar-refractivity contribution is 7.54. The number of nitrogens with one attached hydrogen (secondary N) is 1. The van der Waals surface area contributed by atoms with E-state index in [1.807, 2.05) is 13.8 Å². The fourth-order valence-electron chi connectivity index (χ4n) is 2.42. The maximum Gasteiger partial charge on any atom is 0.357 e. The van der Waals surface area contributed by atoms with Gasteiger partial charge in [0.15, 0.2) is 11.6 Å². The third-order valence-corrected chi connectivity index (χ3v) is 6.10. The first kappa shape index (κ1) is 21.6. The third-order valence-electron chi connectivity index (χ3n) is 3.95. The summed E-state index contributed by atoms with van der Waals surface area (Å²) < 4.78 is 43.7. The Labute approximate surface area is 160 Å². The molecule has 1 N–H and O–H groups in total. The lowest BCUT2D eigenvalue weighted by Crippen LogP contribution is -2.16. The maximum absolute atomic E-state index is 13.7. The third kappa shape index (κ3) is 6.45. The van der Waals surface area contributed by atoms with E-state index < -0.39 is 13.4 Å². The maximum atomic E-state index is 13.7. The fourth-order valence-corrected chi connectivity index (χ4v) is 4.39. The van der Waals surface area contributed by atoms with Crippen LogP contribution in [0.3, 0.4) is 0 Å². The van der Waals surface area contributed by atoms with Crippen molar-refractivity contribution in [1.82, 2.24) is 5.16 Å². The monoisotopic (exact) mass is 398 g/mol. The highest BCUT2D eigenvalue weighted by atomic mass is 31.2. The van der Waals surface area contributed by atoms with Crippen LogP contribution in [0.25, 0.3) is 0 Å². The van der Waals surface area contributed by atoms with Crippen molar-refractivity contribution in [2.24, 2.45) is 0 Å². The molecule has 1 heterocycles. The number of hydrogen-bond acceptors (Lipinski definition) is 6. The zero-order chi connectivity index (χ0) is 19.7. The second-order valence-corrected chi connectivity index (χ2v) is 8.45. The number of unbranched alkanes of at least 4 members (excludes halogenated alkanes) is 2. The SMILES string of the molecule is CCCCOP(=O)(OCCCC)C(Nc1cc(C)on1)c1ccc(F)cc1. The lowest BCUT2D eigenvalue weighted by molar-refractivity contribution is 0.194. The minimum atomic E-state index is -3.60. The molecule has 0 spiro atoms. The molecule has 0 saturated heterocycles. The molecule has 0 aliphatic carbocycles. The van der Waals surface area contributed by atoms with Crippen LogP contribution in [0.4, 0.5) is 10.2 Å². The van der Waals surface area contributed by atoms with Crippen molar-refractivity contribution in [3.8, 4) is 0 Å². The van der Waals surface area contributed by atoms with Gasteiger partial charge in [0, 0.05) is 6.07 Å². The van der Waals surface area contributed by atoms with Crippen LogP contribution < -0.4 is 5.32 Å². The van der Waals surface area contributed by atoms with Gasteiger partial charge in [0.1, 0.15) is 11.6 Å². The molecule has 0 amide bonds. The zero-order valence-electron chi connectivity index (χ0n) is 16.1. The molecule has 1 atom stereocenters. The van der Waals surface area contributed by atoms with Gasteiger partial charge in [-0.3, -0.25) is 4.57 Å². The number of anilines is 1. The number of nitrogens with zero attached hydrogens (tertiary/aromatic N) is 1. The summed E-state index contributed by atoms with van der Waals surface area (Å²) in [6.45, 7) is 6.45. The van der Waals surface area contributed by atoms with Crippen molar-refractivity contribution in [2.75, 3.05) is 18.5 Å². The van der Waals surface area contributed by atoms with Crippen LogP contribution in [0.2, 0.25) is 0 Å². The van der Waals surface area contributed by atoms with E-state index >= 15 is 0 Å². The summed E-state index contributed by atoms with van der Waals surface area (Å²) >= 11 is 0. The number of aromatic nitrogens is 1. The molecule has 1 aromatic carbocycles. The second kappa shape index (κ2) is 10.6. The van der Waals surface area contributed by atoms with Crippen LogP contribution >= 0.6 is 7.60 Å². The average molecular weight is 398 g/mol. The largest absolute Gasteiger partial charge is 0.360 e.